The van der Waals surface area contributed by atoms with Crippen LogP contribution in [0.25, 0.3) is 0 Å². The first-order chi connectivity index (χ1) is 9.40. The van der Waals surface area contributed by atoms with Gasteiger partial charge in [0.2, 0.25) is 10.0 Å². The first-order valence-electron chi connectivity index (χ1n) is 6.45. The molecular weight excluding hydrogens is 285 g/mol. The van der Waals surface area contributed by atoms with E-state index in [4.69, 9.17) is 5.11 Å². The minimum absolute atomic E-state index is 0.132. The van der Waals surface area contributed by atoms with Crippen LogP contribution in [0.3, 0.4) is 0 Å². The molecule has 0 radical (unpaired) electrons. The summed E-state index contributed by atoms with van der Waals surface area (Å²) in [5.74, 6) is -2.44. The molecule has 0 spiro atoms. The van der Waals surface area contributed by atoms with Crippen molar-refractivity contribution in [3.63, 3.8) is 0 Å². The summed E-state index contributed by atoms with van der Waals surface area (Å²) in [5.41, 5.74) is -0.642. The predicted octanol–water partition coefficient (Wildman–Crippen LogP) is 2.13. The predicted molar refractivity (Wildman–Crippen MR) is 70.6 cm³/mol. The molecule has 110 valence electrons. The van der Waals surface area contributed by atoms with Crippen LogP contribution in [0.5, 0.6) is 0 Å². The van der Waals surface area contributed by atoms with Gasteiger partial charge in [-0.05, 0) is 31.0 Å². The van der Waals surface area contributed by atoms with E-state index in [1.807, 2.05) is 0 Å². The van der Waals surface area contributed by atoms with Gasteiger partial charge >= 0.3 is 5.97 Å². The van der Waals surface area contributed by atoms with Crippen molar-refractivity contribution in [2.45, 2.75) is 43.0 Å². The van der Waals surface area contributed by atoms with Crippen LogP contribution < -0.4 is 4.72 Å². The van der Waals surface area contributed by atoms with Gasteiger partial charge in [-0.25, -0.2) is 22.3 Å². The van der Waals surface area contributed by atoms with Gasteiger partial charge in [0.15, 0.2) is 0 Å². The van der Waals surface area contributed by atoms with Gasteiger partial charge in [0.1, 0.15) is 5.82 Å². The lowest BCUT2D eigenvalue weighted by Gasteiger charge is -2.22. The third-order valence-corrected chi connectivity index (χ3v) is 4.92. The lowest BCUT2D eigenvalue weighted by Crippen LogP contribution is -2.36. The molecule has 2 N–H and O–H groups in total. The van der Waals surface area contributed by atoms with Gasteiger partial charge in [-0.15, -0.1) is 0 Å². The molecule has 1 aliphatic rings. The van der Waals surface area contributed by atoms with Crippen molar-refractivity contribution in [1.29, 1.82) is 0 Å². The van der Waals surface area contributed by atoms with Crippen LogP contribution in [-0.2, 0) is 10.0 Å². The molecule has 0 atom stereocenters. The molecule has 1 aromatic rings. The van der Waals surface area contributed by atoms with Gasteiger partial charge in [0.25, 0.3) is 0 Å². The van der Waals surface area contributed by atoms with Crippen LogP contribution in [0.4, 0.5) is 4.39 Å². The Kier molecular flexibility index (Phi) is 4.39. The SMILES string of the molecule is O=C(O)c1cc(S(=O)(=O)NC2CCCCC2)ccc1F. The van der Waals surface area contributed by atoms with Crippen molar-refractivity contribution in [3.05, 3.63) is 29.6 Å². The Morgan fingerprint density at radius 3 is 2.50 bits per heavy atom. The quantitative estimate of drug-likeness (QED) is 0.892. The van der Waals surface area contributed by atoms with Crippen LogP contribution >= 0.6 is 0 Å². The molecule has 5 nitrogen and oxygen atoms in total. The fourth-order valence-electron chi connectivity index (χ4n) is 2.34. The zero-order chi connectivity index (χ0) is 14.8. The molecular formula is C13H16FNO4S. The third-order valence-electron chi connectivity index (χ3n) is 3.41. The Hall–Kier alpha value is -1.47. The van der Waals surface area contributed by atoms with Crippen molar-refractivity contribution in [2.75, 3.05) is 0 Å². The van der Waals surface area contributed by atoms with E-state index in [-0.39, 0.29) is 10.9 Å². The number of aromatic carboxylic acids is 1. The van der Waals surface area contributed by atoms with Gasteiger partial charge in [-0.2, -0.15) is 0 Å². The molecule has 1 aromatic carbocycles. The number of carboxylic acids is 1. The van der Waals surface area contributed by atoms with Crippen LogP contribution in [0.1, 0.15) is 42.5 Å². The highest BCUT2D eigenvalue weighted by atomic mass is 32.2. The molecule has 0 amide bonds. The molecule has 2 rings (SSSR count). The maximum absolute atomic E-state index is 13.3. The average molecular weight is 301 g/mol. The van der Waals surface area contributed by atoms with E-state index < -0.39 is 27.4 Å². The Labute approximate surface area is 116 Å². The molecule has 0 aromatic heterocycles. The van der Waals surface area contributed by atoms with Crippen molar-refractivity contribution < 1.29 is 22.7 Å². The summed E-state index contributed by atoms with van der Waals surface area (Å²) >= 11 is 0. The largest absolute Gasteiger partial charge is 0.478 e. The zero-order valence-corrected chi connectivity index (χ0v) is 11.6. The number of halogens is 1. The Morgan fingerprint density at radius 2 is 1.90 bits per heavy atom. The highest BCUT2D eigenvalue weighted by molar-refractivity contribution is 7.89. The number of nitrogens with one attached hydrogen (secondary N) is 1. The minimum atomic E-state index is -3.81. The summed E-state index contributed by atoms with van der Waals surface area (Å²) in [4.78, 5) is 10.6. The molecule has 1 aliphatic carbocycles. The second-order valence-electron chi connectivity index (χ2n) is 4.90. The first kappa shape index (κ1) is 14.9. The van der Waals surface area contributed by atoms with Crippen LogP contribution in [0.15, 0.2) is 23.1 Å². The number of carbonyl (C=O) groups is 1. The number of benzene rings is 1. The van der Waals surface area contributed by atoms with Crippen LogP contribution in [0.2, 0.25) is 0 Å². The third kappa shape index (κ3) is 3.34. The van der Waals surface area contributed by atoms with E-state index in [0.717, 1.165) is 50.3 Å². The van der Waals surface area contributed by atoms with E-state index in [1.165, 1.54) is 0 Å². The standard InChI is InChI=1S/C13H16FNO4S/c14-12-7-6-10(8-11(12)13(16)17)20(18,19)15-9-4-2-1-3-5-9/h6-9,15H,1-5H2,(H,16,17). The molecule has 7 heteroatoms. The molecule has 1 saturated carbocycles. The van der Waals surface area contributed by atoms with Crippen molar-refractivity contribution in [3.8, 4) is 0 Å². The number of rotatable bonds is 4. The Morgan fingerprint density at radius 1 is 1.25 bits per heavy atom. The van der Waals surface area contributed by atoms with Crippen molar-refractivity contribution in [2.24, 2.45) is 0 Å². The van der Waals surface area contributed by atoms with Crippen molar-refractivity contribution >= 4 is 16.0 Å². The van der Waals surface area contributed by atoms with Crippen LogP contribution in [-0.4, -0.2) is 25.5 Å². The molecule has 0 unspecified atom stereocenters. The smallest absolute Gasteiger partial charge is 0.338 e. The first-order valence-corrected chi connectivity index (χ1v) is 7.93. The molecule has 0 heterocycles. The normalized spacial score (nSPS) is 17.1. The summed E-state index contributed by atoms with van der Waals surface area (Å²) in [7, 11) is -3.81. The van der Waals surface area contributed by atoms with E-state index in [0.29, 0.717) is 0 Å². The second kappa shape index (κ2) is 5.88. The highest BCUT2D eigenvalue weighted by Crippen LogP contribution is 2.21. The fraction of sp³-hybridized carbons (Fsp3) is 0.462. The van der Waals surface area contributed by atoms with Gasteiger partial charge in [-0.1, -0.05) is 19.3 Å². The van der Waals surface area contributed by atoms with Crippen molar-refractivity contribution in [1.82, 2.24) is 4.72 Å². The summed E-state index contributed by atoms with van der Waals surface area (Å²) in [6.07, 6.45) is 4.57. The molecule has 1 fully saturated rings. The van der Waals surface area contributed by atoms with E-state index >= 15 is 0 Å². The number of hydrogen-bond donors (Lipinski definition) is 2. The average Bonchev–Trinajstić information content (AvgIpc) is 2.39. The zero-order valence-electron chi connectivity index (χ0n) is 10.8. The Balaban J connectivity index is 2.24. The van der Waals surface area contributed by atoms with E-state index in [1.54, 1.807) is 0 Å². The van der Waals surface area contributed by atoms with E-state index in [9.17, 15) is 17.6 Å². The summed E-state index contributed by atoms with van der Waals surface area (Å²) in [6.45, 7) is 0. The highest BCUT2D eigenvalue weighted by Gasteiger charge is 2.23. The van der Waals surface area contributed by atoms with Gasteiger partial charge in [0.05, 0.1) is 10.5 Å². The molecule has 0 saturated heterocycles. The monoisotopic (exact) mass is 301 g/mol. The lowest BCUT2D eigenvalue weighted by molar-refractivity contribution is 0.0691. The number of sulfonamides is 1. The minimum Gasteiger partial charge on any atom is -0.478 e. The summed E-state index contributed by atoms with van der Waals surface area (Å²) in [6, 6.07) is 2.65. The summed E-state index contributed by atoms with van der Waals surface area (Å²) in [5, 5.41) is 8.82. The Bertz CT molecular complexity index is 609. The maximum Gasteiger partial charge on any atom is 0.338 e. The molecule has 0 aliphatic heterocycles. The lowest BCUT2D eigenvalue weighted by atomic mass is 9.96. The van der Waals surface area contributed by atoms with E-state index in [2.05, 4.69) is 4.72 Å². The topological polar surface area (TPSA) is 83.5 Å². The summed E-state index contributed by atoms with van der Waals surface area (Å²) < 4.78 is 40.1. The van der Waals surface area contributed by atoms with Gasteiger partial charge < -0.3 is 5.11 Å². The van der Waals surface area contributed by atoms with Gasteiger partial charge in [-0.3, -0.25) is 0 Å². The maximum atomic E-state index is 13.3. The second-order valence-corrected chi connectivity index (χ2v) is 6.62. The molecule has 0 bridgehead atoms. The molecule has 20 heavy (non-hydrogen) atoms. The van der Waals surface area contributed by atoms with Crippen LogP contribution in [0, 0.1) is 5.82 Å². The number of carboxylic acid groups (broad SMARTS) is 1. The number of hydrogen-bond acceptors (Lipinski definition) is 3. The fourth-order valence-corrected chi connectivity index (χ4v) is 3.67. The van der Waals surface area contributed by atoms with Gasteiger partial charge in [0, 0.05) is 6.04 Å².